The van der Waals surface area contributed by atoms with Crippen LogP contribution in [0.1, 0.15) is 29.1 Å². The summed E-state index contributed by atoms with van der Waals surface area (Å²) in [5, 5.41) is 1.75. The summed E-state index contributed by atoms with van der Waals surface area (Å²) in [7, 11) is 0. The second-order valence-electron chi connectivity index (χ2n) is 5.04. The fraction of sp³-hybridized carbons (Fsp3) is 0.357. The maximum absolute atomic E-state index is 12.5. The van der Waals surface area contributed by atoms with Crippen molar-refractivity contribution in [3.8, 4) is 0 Å². The van der Waals surface area contributed by atoms with Gasteiger partial charge in [-0.05, 0) is 36.1 Å². The lowest BCUT2D eigenvalue weighted by Crippen LogP contribution is -2.25. The molecule has 18 heavy (non-hydrogen) atoms. The number of thiophene rings is 1. The van der Waals surface area contributed by atoms with Gasteiger partial charge in [-0.3, -0.25) is 4.79 Å². The Labute approximate surface area is 121 Å². The average molecular weight is 301 g/mol. The maximum atomic E-state index is 12.5. The summed E-state index contributed by atoms with van der Waals surface area (Å²) in [4.78, 5) is 13.3. The second-order valence-corrected chi connectivity index (χ2v) is 6.80. The molecule has 0 radical (unpaired) electrons. The van der Waals surface area contributed by atoms with Gasteiger partial charge in [0.1, 0.15) is 0 Å². The Hall–Kier alpha value is -0.570. The molecule has 0 aliphatic heterocycles. The largest absolute Gasteiger partial charge is 0.293 e. The summed E-state index contributed by atoms with van der Waals surface area (Å²) >= 11 is 13.4. The second kappa shape index (κ2) is 4.84. The third-order valence-electron chi connectivity index (χ3n) is 3.05. The summed E-state index contributed by atoms with van der Waals surface area (Å²) in [6.07, 6.45) is 0. The first-order valence-electron chi connectivity index (χ1n) is 5.66. The summed E-state index contributed by atoms with van der Waals surface area (Å²) in [5.74, 6) is 0.424. The number of carbonyl (C=O) groups is 1. The number of ketones is 1. The molecule has 0 unspecified atom stereocenters. The molecule has 0 bridgehead atoms. The van der Waals surface area contributed by atoms with Gasteiger partial charge < -0.3 is 0 Å². The van der Waals surface area contributed by atoms with E-state index in [0.29, 0.717) is 10.9 Å². The zero-order chi connectivity index (χ0) is 13.5. The topological polar surface area (TPSA) is 17.1 Å². The number of carbonyl (C=O) groups excluding carboxylic acids is 1. The third kappa shape index (κ3) is 2.29. The standard InChI is InChI=1S/C14H14Cl2OS/c1-8-10-6-9(16)4-5-11(10)18-12(8)13(17)14(2,3)7-15/h4-6H,7H2,1-3H3. The zero-order valence-electron chi connectivity index (χ0n) is 10.5. The minimum absolute atomic E-state index is 0.104. The van der Waals surface area contributed by atoms with Crippen molar-refractivity contribution in [2.24, 2.45) is 5.41 Å². The number of benzene rings is 1. The number of halogens is 2. The van der Waals surface area contributed by atoms with Crippen LogP contribution in [0.2, 0.25) is 5.02 Å². The quantitative estimate of drug-likeness (QED) is 0.554. The van der Waals surface area contributed by atoms with Crippen LogP contribution in [0, 0.1) is 12.3 Å². The van der Waals surface area contributed by atoms with E-state index in [2.05, 4.69) is 0 Å². The van der Waals surface area contributed by atoms with Crippen LogP contribution in [0.4, 0.5) is 0 Å². The molecule has 4 heteroatoms. The molecule has 0 aliphatic rings. The average Bonchev–Trinajstić information content (AvgIpc) is 2.66. The first kappa shape index (κ1) is 13.9. The molecule has 0 amide bonds. The summed E-state index contributed by atoms with van der Waals surface area (Å²) in [6.45, 7) is 5.71. The normalized spacial score (nSPS) is 12.1. The van der Waals surface area contributed by atoms with Gasteiger partial charge in [0.05, 0.1) is 4.88 Å². The molecule has 1 aromatic carbocycles. The maximum Gasteiger partial charge on any atom is 0.179 e. The SMILES string of the molecule is Cc1c(C(=O)C(C)(C)CCl)sc2ccc(Cl)cc12. The van der Waals surface area contributed by atoms with E-state index in [1.807, 2.05) is 39.0 Å². The highest BCUT2D eigenvalue weighted by molar-refractivity contribution is 7.21. The van der Waals surface area contributed by atoms with Crippen molar-refractivity contribution in [1.82, 2.24) is 0 Å². The summed E-state index contributed by atoms with van der Waals surface area (Å²) in [5.41, 5.74) is 0.470. The minimum atomic E-state index is -0.531. The van der Waals surface area contributed by atoms with E-state index >= 15 is 0 Å². The number of hydrogen-bond donors (Lipinski definition) is 0. The van der Waals surface area contributed by atoms with Gasteiger partial charge in [0, 0.05) is 21.0 Å². The molecule has 1 heterocycles. The van der Waals surface area contributed by atoms with E-state index in [1.165, 1.54) is 11.3 Å². The number of alkyl halides is 1. The van der Waals surface area contributed by atoms with Gasteiger partial charge in [-0.25, -0.2) is 0 Å². The number of aryl methyl sites for hydroxylation is 1. The Morgan fingerprint density at radius 1 is 1.39 bits per heavy atom. The molecule has 0 spiro atoms. The lowest BCUT2D eigenvalue weighted by atomic mass is 9.88. The van der Waals surface area contributed by atoms with Crippen LogP contribution in [0.5, 0.6) is 0 Å². The molecule has 0 N–H and O–H groups in total. The van der Waals surface area contributed by atoms with Gasteiger partial charge >= 0.3 is 0 Å². The molecule has 2 rings (SSSR count). The number of fused-ring (bicyclic) bond motifs is 1. The molecule has 1 nitrogen and oxygen atoms in total. The van der Waals surface area contributed by atoms with Gasteiger partial charge in [-0.1, -0.05) is 25.4 Å². The molecule has 0 saturated carbocycles. The Bertz CT molecular complexity index is 614. The predicted molar refractivity (Wildman–Crippen MR) is 80.4 cm³/mol. The van der Waals surface area contributed by atoms with E-state index in [-0.39, 0.29) is 5.78 Å². The van der Waals surface area contributed by atoms with E-state index in [4.69, 9.17) is 23.2 Å². The van der Waals surface area contributed by atoms with E-state index < -0.39 is 5.41 Å². The molecule has 0 saturated heterocycles. The summed E-state index contributed by atoms with van der Waals surface area (Å²) < 4.78 is 1.09. The van der Waals surface area contributed by atoms with E-state index in [0.717, 1.165) is 20.5 Å². The summed E-state index contributed by atoms with van der Waals surface area (Å²) in [6, 6.07) is 5.72. The van der Waals surface area contributed by atoms with Crippen molar-refractivity contribution in [1.29, 1.82) is 0 Å². The first-order valence-corrected chi connectivity index (χ1v) is 7.39. The number of Topliss-reactive ketones (excluding diaryl/α,β-unsaturated/α-hetero) is 1. The highest BCUT2D eigenvalue weighted by Gasteiger charge is 2.30. The third-order valence-corrected chi connectivity index (χ3v) is 5.23. The van der Waals surface area contributed by atoms with E-state index in [9.17, 15) is 4.79 Å². The lowest BCUT2D eigenvalue weighted by Gasteiger charge is -2.18. The van der Waals surface area contributed by atoms with Crippen molar-refractivity contribution < 1.29 is 4.79 Å². The fourth-order valence-electron chi connectivity index (χ4n) is 1.78. The van der Waals surface area contributed by atoms with Gasteiger partial charge in [-0.2, -0.15) is 0 Å². The van der Waals surface area contributed by atoms with E-state index in [1.54, 1.807) is 0 Å². The van der Waals surface area contributed by atoms with Crippen molar-refractivity contribution in [3.05, 3.63) is 33.7 Å². The highest BCUT2D eigenvalue weighted by atomic mass is 35.5. The fourth-order valence-corrected chi connectivity index (χ4v) is 3.38. The highest BCUT2D eigenvalue weighted by Crippen LogP contribution is 2.36. The first-order chi connectivity index (χ1) is 8.36. The molecule has 2 aromatic rings. The minimum Gasteiger partial charge on any atom is -0.293 e. The predicted octanol–water partition coefficient (Wildman–Crippen LogP) is 5.31. The van der Waals surface area contributed by atoms with Crippen molar-refractivity contribution in [2.45, 2.75) is 20.8 Å². The molecular weight excluding hydrogens is 287 g/mol. The Morgan fingerprint density at radius 2 is 2.06 bits per heavy atom. The van der Waals surface area contributed by atoms with Crippen LogP contribution in [-0.4, -0.2) is 11.7 Å². The number of rotatable bonds is 3. The van der Waals surface area contributed by atoms with Crippen LogP contribution in [0.15, 0.2) is 18.2 Å². The zero-order valence-corrected chi connectivity index (χ0v) is 12.8. The van der Waals surface area contributed by atoms with Gasteiger partial charge in [0.2, 0.25) is 0 Å². The van der Waals surface area contributed by atoms with Gasteiger partial charge in [0.25, 0.3) is 0 Å². The van der Waals surface area contributed by atoms with Crippen molar-refractivity contribution in [2.75, 3.05) is 5.88 Å². The van der Waals surface area contributed by atoms with Crippen LogP contribution >= 0.6 is 34.5 Å². The Morgan fingerprint density at radius 3 is 2.67 bits per heavy atom. The van der Waals surface area contributed by atoms with Crippen LogP contribution in [0.25, 0.3) is 10.1 Å². The molecule has 1 aromatic heterocycles. The van der Waals surface area contributed by atoms with Crippen LogP contribution in [-0.2, 0) is 0 Å². The molecule has 0 atom stereocenters. The molecule has 0 fully saturated rings. The molecule has 96 valence electrons. The lowest BCUT2D eigenvalue weighted by molar-refractivity contribution is 0.0866. The van der Waals surface area contributed by atoms with Crippen molar-refractivity contribution in [3.63, 3.8) is 0 Å². The molecule has 0 aliphatic carbocycles. The van der Waals surface area contributed by atoms with Crippen molar-refractivity contribution >= 4 is 50.4 Å². The Kier molecular flexibility index (Phi) is 3.72. The smallest absolute Gasteiger partial charge is 0.179 e. The van der Waals surface area contributed by atoms with Gasteiger partial charge in [0.15, 0.2) is 5.78 Å². The number of hydrogen-bond acceptors (Lipinski definition) is 2. The van der Waals surface area contributed by atoms with Crippen LogP contribution in [0.3, 0.4) is 0 Å². The van der Waals surface area contributed by atoms with Gasteiger partial charge in [-0.15, -0.1) is 22.9 Å². The van der Waals surface area contributed by atoms with Crippen LogP contribution < -0.4 is 0 Å². The molecular formula is C14H14Cl2OS. The Balaban J connectivity index is 2.59. The monoisotopic (exact) mass is 300 g/mol.